The Labute approximate surface area is 104 Å². The van der Waals surface area contributed by atoms with Crippen molar-refractivity contribution < 1.29 is 31.0 Å². The van der Waals surface area contributed by atoms with Crippen LogP contribution < -0.4 is 0 Å². The summed E-state index contributed by atoms with van der Waals surface area (Å²) in [5, 5.41) is 0. The monoisotopic (exact) mass is 268 g/mol. The van der Waals surface area contributed by atoms with E-state index in [2.05, 4.69) is 0 Å². The molecule has 3 nitrogen and oxygen atoms in total. The SMILES string of the molecule is C[C]1([Ti]([CH]=O)([CH]=O)[CH]=O)C=CC2=C1CCCC2. The van der Waals surface area contributed by atoms with Gasteiger partial charge in [0.25, 0.3) is 0 Å². The molecule has 0 saturated carbocycles. The minimum absolute atomic E-state index is 0.568. The zero-order valence-electron chi connectivity index (χ0n) is 9.94. The molecule has 2 aliphatic rings. The van der Waals surface area contributed by atoms with Gasteiger partial charge in [0.2, 0.25) is 0 Å². The van der Waals surface area contributed by atoms with Crippen molar-refractivity contribution in [3.05, 3.63) is 23.3 Å². The Bertz CT molecular complexity index is 414. The zero-order valence-corrected chi connectivity index (χ0v) is 11.5. The molecule has 0 aromatic rings. The fourth-order valence-electron chi connectivity index (χ4n) is 2.93. The van der Waals surface area contributed by atoms with Crippen LogP contribution in [0.5, 0.6) is 0 Å². The Hall–Kier alpha value is -0.796. The molecule has 0 aromatic carbocycles. The molecule has 0 N–H and O–H groups in total. The van der Waals surface area contributed by atoms with Gasteiger partial charge in [-0.05, 0) is 0 Å². The predicted molar refractivity (Wildman–Crippen MR) is 63.3 cm³/mol. The summed E-state index contributed by atoms with van der Waals surface area (Å²) in [7, 11) is 0. The number of carbonyl (C=O) groups is 3. The first-order chi connectivity index (χ1) is 8.13. The van der Waals surface area contributed by atoms with Gasteiger partial charge >= 0.3 is 104 Å². The van der Waals surface area contributed by atoms with E-state index in [4.69, 9.17) is 0 Å². The van der Waals surface area contributed by atoms with Crippen LogP contribution in [0.2, 0.25) is 3.72 Å². The Balaban J connectivity index is 2.53. The van der Waals surface area contributed by atoms with E-state index >= 15 is 0 Å². The number of carbonyl (C=O) groups excluding carboxylic acids is 3. The van der Waals surface area contributed by atoms with Crippen LogP contribution >= 0.6 is 0 Å². The van der Waals surface area contributed by atoms with E-state index in [1.54, 1.807) is 0 Å². The normalized spacial score (nSPS) is 27.8. The quantitative estimate of drug-likeness (QED) is 0.580. The number of hydrogen-bond acceptors (Lipinski definition) is 3. The van der Waals surface area contributed by atoms with Gasteiger partial charge in [-0.15, -0.1) is 0 Å². The van der Waals surface area contributed by atoms with Crippen LogP contribution in [0, 0.1) is 0 Å². The summed E-state index contributed by atoms with van der Waals surface area (Å²) >= 11 is -3.78. The molecule has 0 spiro atoms. The van der Waals surface area contributed by atoms with Crippen molar-refractivity contribution in [3.63, 3.8) is 0 Å². The van der Waals surface area contributed by atoms with Crippen LogP contribution in [0.3, 0.4) is 0 Å². The molecule has 0 amide bonds. The molecule has 0 saturated heterocycles. The second kappa shape index (κ2) is 4.47. The third-order valence-corrected chi connectivity index (χ3v) is 9.61. The molecule has 0 bridgehead atoms. The van der Waals surface area contributed by atoms with Crippen LogP contribution in [0.4, 0.5) is 0 Å². The summed E-state index contributed by atoms with van der Waals surface area (Å²) in [5.74, 6) is 0. The second-order valence-corrected chi connectivity index (χ2v) is 10.7. The summed E-state index contributed by atoms with van der Waals surface area (Å²) < 4.78 is 1.46. The second-order valence-electron chi connectivity index (χ2n) is 5.03. The molecule has 1 atom stereocenters. The topological polar surface area (TPSA) is 51.2 Å². The van der Waals surface area contributed by atoms with Crippen LogP contribution in [0.1, 0.15) is 32.6 Å². The third kappa shape index (κ3) is 1.64. The van der Waals surface area contributed by atoms with E-state index < -0.39 is 20.3 Å². The van der Waals surface area contributed by atoms with E-state index in [1.165, 1.54) is 11.1 Å². The molecule has 4 heteroatoms. The summed E-state index contributed by atoms with van der Waals surface area (Å²) in [4.78, 5) is 34.0. The zero-order chi connectivity index (χ0) is 12.5. The number of hydrogen-bond donors (Lipinski definition) is 0. The van der Waals surface area contributed by atoms with Crippen molar-refractivity contribution >= 4 is 13.8 Å². The summed E-state index contributed by atoms with van der Waals surface area (Å²) in [6.07, 6.45) is 8.12. The number of rotatable bonds is 4. The summed E-state index contributed by atoms with van der Waals surface area (Å²) in [6, 6.07) is 0. The van der Waals surface area contributed by atoms with Crippen LogP contribution in [0.15, 0.2) is 23.3 Å². The molecular weight excluding hydrogens is 252 g/mol. The third-order valence-electron chi connectivity index (χ3n) is 4.24. The van der Waals surface area contributed by atoms with Crippen molar-refractivity contribution in [1.29, 1.82) is 0 Å². The molecule has 0 heterocycles. The Morgan fingerprint density at radius 2 is 1.71 bits per heavy atom. The maximum absolute atomic E-state index is 11.3. The van der Waals surface area contributed by atoms with Gasteiger partial charge in [0.15, 0.2) is 0 Å². The van der Waals surface area contributed by atoms with Gasteiger partial charge in [-0.3, -0.25) is 0 Å². The Kier molecular flexibility index (Phi) is 3.33. The number of allylic oxidation sites excluding steroid dienone is 4. The van der Waals surface area contributed by atoms with Gasteiger partial charge in [-0.1, -0.05) is 0 Å². The maximum atomic E-state index is 11.3. The van der Waals surface area contributed by atoms with Crippen LogP contribution in [-0.2, 0) is 31.0 Å². The first-order valence-electron chi connectivity index (χ1n) is 5.94. The molecule has 0 radical (unpaired) electrons. The molecular formula is C13H16O3Ti. The van der Waals surface area contributed by atoms with E-state index in [0.717, 1.165) is 25.7 Å². The van der Waals surface area contributed by atoms with Crippen molar-refractivity contribution in [1.82, 2.24) is 0 Å². The van der Waals surface area contributed by atoms with Gasteiger partial charge in [0.05, 0.1) is 0 Å². The molecule has 17 heavy (non-hydrogen) atoms. The van der Waals surface area contributed by atoms with Crippen LogP contribution in [-0.4, -0.2) is 13.8 Å². The fourth-order valence-corrected chi connectivity index (χ4v) is 6.18. The van der Waals surface area contributed by atoms with E-state index in [9.17, 15) is 14.4 Å². The Morgan fingerprint density at radius 3 is 2.29 bits per heavy atom. The van der Waals surface area contributed by atoms with E-state index in [-0.39, 0.29) is 0 Å². The average molecular weight is 268 g/mol. The molecule has 0 aromatic heterocycles. The van der Waals surface area contributed by atoms with Crippen molar-refractivity contribution in [2.24, 2.45) is 0 Å². The summed E-state index contributed by atoms with van der Waals surface area (Å²) in [6.45, 7) is 1.90. The van der Waals surface area contributed by atoms with Gasteiger partial charge in [-0.2, -0.15) is 0 Å². The summed E-state index contributed by atoms with van der Waals surface area (Å²) in [5.41, 5.74) is 2.43. The Morgan fingerprint density at radius 1 is 1.12 bits per heavy atom. The van der Waals surface area contributed by atoms with Crippen molar-refractivity contribution in [2.75, 3.05) is 0 Å². The molecule has 90 valence electrons. The predicted octanol–water partition coefficient (Wildman–Crippen LogP) is 2.33. The van der Waals surface area contributed by atoms with Gasteiger partial charge in [0, 0.05) is 0 Å². The molecule has 2 aliphatic carbocycles. The standard InChI is InChI=1S/C10H13.3CHO.Ti/c1-8-6-7-9-4-2-3-5-10(8)9;3*1-2;/h6-7H,2-5H2,1H3;3*1H;. The first-order valence-corrected chi connectivity index (χ1v) is 9.43. The van der Waals surface area contributed by atoms with Crippen molar-refractivity contribution in [3.8, 4) is 0 Å². The molecule has 2 rings (SSSR count). The van der Waals surface area contributed by atoms with Gasteiger partial charge in [0.1, 0.15) is 0 Å². The van der Waals surface area contributed by atoms with Crippen LogP contribution in [0.25, 0.3) is 0 Å². The van der Waals surface area contributed by atoms with Crippen molar-refractivity contribution in [2.45, 2.75) is 36.3 Å². The minimum atomic E-state index is -3.78. The molecule has 1 unspecified atom stereocenters. The first kappa shape index (κ1) is 12.7. The van der Waals surface area contributed by atoms with E-state index in [1.807, 2.05) is 19.1 Å². The van der Waals surface area contributed by atoms with E-state index in [0.29, 0.717) is 13.8 Å². The van der Waals surface area contributed by atoms with Gasteiger partial charge < -0.3 is 0 Å². The fraction of sp³-hybridized carbons (Fsp3) is 0.462. The molecule has 0 aliphatic heterocycles. The molecule has 0 fully saturated rings. The van der Waals surface area contributed by atoms with Gasteiger partial charge in [-0.25, -0.2) is 0 Å². The average Bonchev–Trinajstić information content (AvgIpc) is 2.72.